The number of benzene rings is 2. The van der Waals surface area contributed by atoms with Gasteiger partial charge in [-0.3, -0.25) is 9.59 Å². The molecule has 0 fully saturated rings. The highest BCUT2D eigenvalue weighted by Gasteiger charge is 2.60. The van der Waals surface area contributed by atoms with Crippen molar-refractivity contribution < 1.29 is 18.7 Å². The highest BCUT2D eigenvalue weighted by Crippen LogP contribution is 2.50. The minimum absolute atomic E-state index is 0.104. The smallest absolute Gasteiger partial charge is 0.325 e. The van der Waals surface area contributed by atoms with Gasteiger partial charge in [0.25, 0.3) is 5.91 Å². The molecule has 6 nitrogen and oxygen atoms in total. The van der Waals surface area contributed by atoms with Crippen molar-refractivity contribution in [1.82, 2.24) is 0 Å². The van der Waals surface area contributed by atoms with E-state index >= 15 is 0 Å². The molecule has 0 spiro atoms. The zero-order valence-corrected chi connectivity index (χ0v) is 17.3. The average Bonchev–Trinajstić information content (AvgIpc) is 2.94. The Hall–Kier alpha value is -2.94. The van der Waals surface area contributed by atoms with E-state index in [1.165, 1.54) is 30.3 Å². The highest BCUT2D eigenvalue weighted by molar-refractivity contribution is 9.10. The monoisotopic (exact) mass is 475 g/mol. The largest absolute Gasteiger partial charge is 0.468 e. The predicted molar refractivity (Wildman–Crippen MR) is 105 cm³/mol. The van der Waals surface area contributed by atoms with Gasteiger partial charge < -0.3 is 9.64 Å². The molecular weight excluding hydrogens is 465 g/mol. The lowest BCUT2D eigenvalue weighted by Crippen LogP contribution is -2.47. The van der Waals surface area contributed by atoms with E-state index in [0.29, 0.717) is 4.47 Å². The summed E-state index contributed by atoms with van der Waals surface area (Å²) in [7, 11) is 1.06. The molecule has 2 unspecified atom stereocenters. The van der Waals surface area contributed by atoms with Crippen LogP contribution in [0.3, 0.4) is 0 Å². The van der Waals surface area contributed by atoms with Crippen LogP contribution in [0.1, 0.15) is 11.1 Å². The molecular formula is C20H12BrClFN3O3. The van der Waals surface area contributed by atoms with E-state index in [1.54, 1.807) is 12.1 Å². The number of methoxy groups -OCH3 is 1. The van der Waals surface area contributed by atoms with E-state index in [4.69, 9.17) is 11.6 Å². The molecule has 2 aromatic carbocycles. The van der Waals surface area contributed by atoms with E-state index in [2.05, 4.69) is 20.7 Å². The quantitative estimate of drug-likeness (QED) is 0.625. The first-order valence-corrected chi connectivity index (χ1v) is 9.42. The standard InChI is InChI=1S/C20H12BrClFN3O3/c1-29-18(27)14(8-24)20(10-25)13-3-2-4-15(22)17(13)26(19(20)28)9-11-5-6-12(21)7-16(11)23/h2-7,14H,9H2,1H3. The minimum atomic E-state index is -2.16. The minimum Gasteiger partial charge on any atom is -0.468 e. The van der Waals surface area contributed by atoms with Crippen molar-refractivity contribution >= 4 is 45.1 Å². The van der Waals surface area contributed by atoms with Gasteiger partial charge in [0.05, 0.1) is 36.5 Å². The number of carbonyl (C=O) groups is 2. The molecule has 0 aliphatic carbocycles. The van der Waals surface area contributed by atoms with E-state index in [9.17, 15) is 24.5 Å². The van der Waals surface area contributed by atoms with Crippen LogP contribution < -0.4 is 4.90 Å². The maximum atomic E-state index is 14.4. The van der Waals surface area contributed by atoms with Gasteiger partial charge in [-0.05, 0) is 18.2 Å². The van der Waals surface area contributed by atoms with Crippen molar-refractivity contribution in [3.8, 4) is 12.1 Å². The van der Waals surface area contributed by atoms with Crippen LogP contribution in [0.25, 0.3) is 0 Å². The zero-order chi connectivity index (χ0) is 21.3. The van der Waals surface area contributed by atoms with Crippen LogP contribution in [0.4, 0.5) is 10.1 Å². The molecule has 0 saturated heterocycles. The number of anilines is 1. The van der Waals surface area contributed by atoms with Gasteiger partial charge in [0.1, 0.15) is 5.82 Å². The lowest BCUT2D eigenvalue weighted by molar-refractivity contribution is -0.147. The van der Waals surface area contributed by atoms with Crippen LogP contribution in [0.2, 0.25) is 5.02 Å². The number of halogens is 3. The predicted octanol–water partition coefficient (Wildman–Crippen LogP) is 3.86. The van der Waals surface area contributed by atoms with Gasteiger partial charge in [-0.1, -0.05) is 45.7 Å². The molecule has 0 aromatic heterocycles. The summed E-state index contributed by atoms with van der Waals surface area (Å²) in [6.45, 7) is -0.239. The summed E-state index contributed by atoms with van der Waals surface area (Å²) in [6.07, 6.45) is 0. The molecule has 2 aromatic rings. The Morgan fingerprint density at radius 3 is 2.69 bits per heavy atom. The molecule has 9 heteroatoms. The van der Waals surface area contributed by atoms with Crippen LogP contribution in [0, 0.1) is 34.4 Å². The van der Waals surface area contributed by atoms with Crippen molar-refractivity contribution in [2.75, 3.05) is 12.0 Å². The molecule has 3 rings (SSSR count). The molecule has 146 valence electrons. The number of amides is 1. The molecule has 29 heavy (non-hydrogen) atoms. The Bertz CT molecular complexity index is 1110. The van der Waals surface area contributed by atoms with Crippen LogP contribution in [0.5, 0.6) is 0 Å². The molecule has 1 heterocycles. The number of carbonyl (C=O) groups excluding carboxylic acids is 2. The zero-order valence-electron chi connectivity index (χ0n) is 14.9. The molecule has 0 radical (unpaired) electrons. The fourth-order valence-corrected chi connectivity index (χ4v) is 4.01. The number of rotatable bonds is 4. The van der Waals surface area contributed by atoms with Crippen LogP contribution in [-0.2, 0) is 26.3 Å². The highest BCUT2D eigenvalue weighted by atomic mass is 79.9. The average molecular weight is 477 g/mol. The molecule has 0 N–H and O–H groups in total. The van der Waals surface area contributed by atoms with E-state index in [-0.39, 0.29) is 28.4 Å². The summed E-state index contributed by atoms with van der Waals surface area (Å²) in [5.74, 6) is -4.16. The number of para-hydroxylation sites is 1. The Morgan fingerprint density at radius 2 is 2.10 bits per heavy atom. The summed E-state index contributed by atoms with van der Waals surface area (Å²) in [4.78, 5) is 26.8. The maximum absolute atomic E-state index is 14.4. The number of ether oxygens (including phenoxy) is 1. The van der Waals surface area contributed by atoms with Crippen molar-refractivity contribution in [1.29, 1.82) is 10.5 Å². The molecule has 0 saturated carbocycles. The van der Waals surface area contributed by atoms with Crippen molar-refractivity contribution in [3.63, 3.8) is 0 Å². The van der Waals surface area contributed by atoms with Crippen molar-refractivity contribution in [3.05, 3.63) is 62.8 Å². The van der Waals surface area contributed by atoms with Crippen LogP contribution in [0.15, 0.2) is 40.9 Å². The third kappa shape index (κ3) is 3.15. The number of nitrogens with zero attached hydrogens (tertiary/aromatic N) is 3. The second-order valence-corrected chi connectivity index (χ2v) is 7.59. The van der Waals surface area contributed by atoms with Gasteiger partial charge in [-0.15, -0.1) is 0 Å². The van der Waals surface area contributed by atoms with Crippen LogP contribution in [-0.4, -0.2) is 19.0 Å². The Kier molecular flexibility index (Phi) is 5.61. The topological polar surface area (TPSA) is 94.2 Å². The number of fused-ring (bicyclic) bond motifs is 1. The second-order valence-electron chi connectivity index (χ2n) is 6.27. The summed E-state index contributed by atoms with van der Waals surface area (Å²) in [5.41, 5.74) is -1.72. The van der Waals surface area contributed by atoms with Crippen molar-refractivity contribution in [2.45, 2.75) is 12.0 Å². The lowest BCUT2D eigenvalue weighted by atomic mass is 9.72. The van der Waals surface area contributed by atoms with E-state index in [1.807, 2.05) is 6.07 Å². The van der Waals surface area contributed by atoms with Gasteiger partial charge in [-0.2, -0.15) is 10.5 Å². The normalized spacial score (nSPS) is 18.6. The van der Waals surface area contributed by atoms with Crippen LogP contribution >= 0.6 is 27.5 Å². The van der Waals surface area contributed by atoms with Crippen molar-refractivity contribution in [2.24, 2.45) is 5.92 Å². The Balaban J connectivity index is 2.22. The Morgan fingerprint density at radius 1 is 1.38 bits per heavy atom. The fourth-order valence-electron chi connectivity index (χ4n) is 3.40. The third-order valence-corrected chi connectivity index (χ3v) is 5.58. The summed E-state index contributed by atoms with van der Waals surface area (Å²) >= 11 is 9.47. The molecule has 0 bridgehead atoms. The Labute approximate surface area is 179 Å². The molecule has 1 aliphatic heterocycles. The SMILES string of the molecule is COC(=O)C(C#N)C1(C#N)C(=O)N(Cc2ccc(Br)cc2F)c2c(Cl)cccc21. The first-order valence-electron chi connectivity index (χ1n) is 8.25. The molecule has 2 atom stereocenters. The van der Waals surface area contributed by atoms with E-state index < -0.39 is 29.0 Å². The molecule has 1 aliphatic rings. The van der Waals surface area contributed by atoms with Gasteiger partial charge >= 0.3 is 5.97 Å². The summed E-state index contributed by atoms with van der Waals surface area (Å²) in [6, 6.07) is 12.4. The third-order valence-electron chi connectivity index (χ3n) is 4.78. The number of esters is 1. The summed E-state index contributed by atoms with van der Waals surface area (Å²) in [5, 5.41) is 19.7. The van der Waals surface area contributed by atoms with Gasteiger partial charge in [0.15, 0.2) is 11.3 Å². The number of nitriles is 2. The lowest BCUT2D eigenvalue weighted by Gasteiger charge is -2.24. The summed E-state index contributed by atoms with van der Waals surface area (Å²) < 4.78 is 19.6. The first kappa shape index (κ1) is 20.8. The second kappa shape index (κ2) is 7.82. The maximum Gasteiger partial charge on any atom is 0.325 e. The van der Waals surface area contributed by atoms with Gasteiger partial charge in [0.2, 0.25) is 0 Å². The fraction of sp³-hybridized carbons (Fsp3) is 0.200. The first-order chi connectivity index (χ1) is 13.8. The van der Waals surface area contributed by atoms with Gasteiger partial charge in [0, 0.05) is 15.6 Å². The number of hydrogen-bond donors (Lipinski definition) is 0. The van der Waals surface area contributed by atoms with Gasteiger partial charge in [-0.25, -0.2) is 4.39 Å². The molecule has 1 amide bonds. The van der Waals surface area contributed by atoms with E-state index in [0.717, 1.165) is 12.0 Å². The number of hydrogen-bond acceptors (Lipinski definition) is 5.